The summed E-state index contributed by atoms with van der Waals surface area (Å²) in [5, 5.41) is 0. The van der Waals surface area contributed by atoms with Gasteiger partial charge in [-0.1, -0.05) is 53.4 Å². The maximum Gasteiger partial charge on any atom is 0.373 e. The molecule has 2 rings (SSSR count). The second kappa shape index (κ2) is 10.4. The third-order valence-corrected chi connectivity index (χ3v) is 5.85. The highest BCUT2D eigenvalue weighted by Crippen LogP contribution is 2.61. The Morgan fingerprint density at radius 2 is 1.03 bits per heavy atom. The molecule has 0 N–H and O–H groups in total. The highest BCUT2D eigenvalue weighted by Gasteiger charge is 2.70. The summed E-state index contributed by atoms with van der Waals surface area (Å²) >= 11 is 0. The maximum absolute atomic E-state index is 12.9. The molecule has 170 valence electrons. The fourth-order valence-corrected chi connectivity index (χ4v) is 4.98. The van der Waals surface area contributed by atoms with Gasteiger partial charge in [0.15, 0.2) is 11.2 Å². The van der Waals surface area contributed by atoms with E-state index >= 15 is 0 Å². The van der Waals surface area contributed by atoms with Crippen molar-refractivity contribution in [3.63, 3.8) is 0 Å². The second-order valence-corrected chi connectivity index (χ2v) is 7.91. The van der Waals surface area contributed by atoms with E-state index in [1.54, 1.807) is 13.8 Å². The zero-order valence-corrected chi connectivity index (χ0v) is 19.5. The lowest BCUT2D eigenvalue weighted by atomic mass is 9.69. The standard InChI is InChI=1S/C24H38O6/c1-7-13-17-19(21(25)27-11-5)29-24(16-10-4)18(14-8-2)20(22(26)28-12-6)30-23(17,24)15-9-3/h7-16H2,1-6H3/t23-,24-/m0/s1. The molecule has 0 saturated carbocycles. The van der Waals surface area contributed by atoms with Gasteiger partial charge in [0.1, 0.15) is 0 Å². The summed E-state index contributed by atoms with van der Waals surface area (Å²) in [5.74, 6) is -0.342. The first-order chi connectivity index (χ1) is 14.4. The topological polar surface area (TPSA) is 71.1 Å². The monoisotopic (exact) mass is 422 g/mol. The zero-order chi connectivity index (χ0) is 22.4. The van der Waals surface area contributed by atoms with Crippen LogP contribution in [0.15, 0.2) is 22.7 Å². The van der Waals surface area contributed by atoms with Gasteiger partial charge < -0.3 is 18.9 Å². The second-order valence-electron chi connectivity index (χ2n) is 7.91. The summed E-state index contributed by atoms with van der Waals surface area (Å²) < 4.78 is 23.8. The molecule has 2 aliphatic heterocycles. The van der Waals surface area contributed by atoms with Crippen LogP contribution < -0.4 is 0 Å². The molecule has 0 saturated heterocycles. The smallest absolute Gasteiger partial charge is 0.373 e. The van der Waals surface area contributed by atoms with E-state index in [1.807, 2.05) is 0 Å². The number of rotatable bonds is 12. The van der Waals surface area contributed by atoms with E-state index in [4.69, 9.17) is 18.9 Å². The first-order valence-electron chi connectivity index (χ1n) is 11.6. The van der Waals surface area contributed by atoms with Crippen LogP contribution in [0.2, 0.25) is 0 Å². The molecule has 0 aromatic heterocycles. The van der Waals surface area contributed by atoms with Crippen molar-refractivity contribution < 1.29 is 28.5 Å². The van der Waals surface area contributed by atoms with Crippen molar-refractivity contribution in [2.75, 3.05) is 13.2 Å². The minimum Gasteiger partial charge on any atom is -0.471 e. The largest absolute Gasteiger partial charge is 0.471 e. The van der Waals surface area contributed by atoms with Gasteiger partial charge in [0, 0.05) is 11.1 Å². The van der Waals surface area contributed by atoms with Crippen LogP contribution in [0.25, 0.3) is 0 Å². The Morgan fingerprint density at radius 1 is 0.667 bits per heavy atom. The molecule has 0 fully saturated rings. The molecule has 2 atom stereocenters. The SMILES string of the molecule is CCCC1=C(C(=O)OCC)O[C@@]2(CCC)C(CCC)=C(C(=O)OCC)O[C@@]12CCC. The summed E-state index contributed by atoms with van der Waals surface area (Å²) in [4.78, 5) is 25.7. The number of esters is 2. The predicted molar refractivity (Wildman–Crippen MR) is 115 cm³/mol. The Kier molecular flexibility index (Phi) is 8.39. The number of hydrogen-bond donors (Lipinski definition) is 0. The fraction of sp³-hybridized carbons (Fsp3) is 0.750. The lowest BCUT2D eigenvalue weighted by Gasteiger charge is -2.41. The lowest BCUT2D eigenvalue weighted by Crippen LogP contribution is -2.52. The third-order valence-electron chi connectivity index (χ3n) is 5.85. The van der Waals surface area contributed by atoms with Crippen molar-refractivity contribution in [1.82, 2.24) is 0 Å². The summed E-state index contributed by atoms with van der Waals surface area (Å²) in [6.45, 7) is 12.4. The van der Waals surface area contributed by atoms with Gasteiger partial charge >= 0.3 is 11.9 Å². The number of fused-ring (bicyclic) bond motifs is 1. The molecule has 6 nitrogen and oxygen atoms in total. The van der Waals surface area contributed by atoms with E-state index in [1.165, 1.54) is 0 Å². The van der Waals surface area contributed by atoms with Gasteiger partial charge in [-0.15, -0.1) is 0 Å². The highest BCUT2D eigenvalue weighted by molar-refractivity contribution is 5.92. The quantitative estimate of drug-likeness (QED) is 0.394. The summed E-state index contributed by atoms with van der Waals surface area (Å²) in [6.07, 6.45) is 5.92. The van der Waals surface area contributed by atoms with E-state index < -0.39 is 23.1 Å². The van der Waals surface area contributed by atoms with Gasteiger partial charge in [-0.25, -0.2) is 9.59 Å². The average Bonchev–Trinajstić information content (AvgIpc) is 3.11. The van der Waals surface area contributed by atoms with Crippen LogP contribution in [0.3, 0.4) is 0 Å². The molecule has 30 heavy (non-hydrogen) atoms. The summed E-state index contributed by atoms with van der Waals surface area (Å²) in [5.41, 5.74) is -0.0939. The summed E-state index contributed by atoms with van der Waals surface area (Å²) in [6, 6.07) is 0. The van der Waals surface area contributed by atoms with Crippen molar-refractivity contribution >= 4 is 11.9 Å². The van der Waals surface area contributed by atoms with E-state index in [9.17, 15) is 9.59 Å². The first kappa shape index (κ1) is 24.3. The molecule has 0 aromatic rings. The van der Waals surface area contributed by atoms with E-state index in [2.05, 4.69) is 27.7 Å². The number of carbonyl (C=O) groups is 2. The fourth-order valence-electron chi connectivity index (χ4n) is 4.98. The van der Waals surface area contributed by atoms with Crippen molar-refractivity contribution in [2.24, 2.45) is 0 Å². The van der Waals surface area contributed by atoms with Gasteiger partial charge in [0.25, 0.3) is 0 Å². The first-order valence-corrected chi connectivity index (χ1v) is 11.6. The molecule has 0 radical (unpaired) electrons. The van der Waals surface area contributed by atoms with Gasteiger partial charge in [-0.2, -0.15) is 0 Å². The van der Waals surface area contributed by atoms with Gasteiger partial charge in [0.05, 0.1) is 13.2 Å². The highest BCUT2D eigenvalue weighted by atomic mass is 16.6. The van der Waals surface area contributed by atoms with Crippen LogP contribution >= 0.6 is 0 Å². The Hall–Kier alpha value is -1.98. The molecule has 0 unspecified atom stereocenters. The Labute approximate surface area is 181 Å². The molecule has 2 heterocycles. The maximum atomic E-state index is 12.9. The average molecular weight is 423 g/mol. The molecule has 2 aliphatic rings. The van der Waals surface area contributed by atoms with Crippen molar-refractivity contribution in [3.05, 3.63) is 22.7 Å². The van der Waals surface area contributed by atoms with Crippen LogP contribution in [0.4, 0.5) is 0 Å². The predicted octanol–water partition coefficient (Wildman–Crippen LogP) is 5.36. The van der Waals surface area contributed by atoms with Crippen molar-refractivity contribution in [2.45, 2.75) is 104 Å². The Morgan fingerprint density at radius 3 is 1.30 bits per heavy atom. The van der Waals surface area contributed by atoms with Gasteiger partial charge in [-0.05, 0) is 39.5 Å². The third kappa shape index (κ3) is 3.85. The van der Waals surface area contributed by atoms with Crippen LogP contribution in [-0.2, 0) is 28.5 Å². The minimum atomic E-state index is -0.873. The molecule has 0 aromatic carbocycles. The van der Waals surface area contributed by atoms with Gasteiger partial charge in [-0.3, -0.25) is 0 Å². The lowest BCUT2D eigenvalue weighted by molar-refractivity contribution is -0.150. The minimum absolute atomic E-state index is 0.275. The molecule has 0 spiro atoms. The molecule has 0 aliphatic carbocycles. The molecule has 0 bridgehead atoms. The Bertz CT molecular complexity index is 646. The molecular weight excluding hydrogens is 384 g/mol. The number of hydrogen-bond acceptors (Lipinski definition) is 6. The van der Waals surface area contributed by atoms with Crippen LogP contribution in [0, 0.1) is 0 Å². The number of carbonyl (C=O) groups excluding carboxylic acids is 2. The van der Waals surface area contributed by atoms with Crippen molar-refractivity contribution in [1.29, 1.82) is 0 Å². The van der Waals surface area contributed by atoms with Crippen molar-refractivity contribution in [3.8, 4) is 0 Å². The normalized spacial score (nSPS) is 25.1. The van der Waals surface area contributed by atoms with Gasteiger partial charge in [0.2, 0.25) is 11.5 Å². The van der Waals surface area contributed by atoms with Crippen LogP contribution in [0.5, 0.6) is 0 Å². The van der Waals surface area contributed by atoms with E-state index in [-0.39, 0.29) is 24.7 Å². The van der Waals surface area contributed by atoms with Crippen LogP contribution in [0.1, 0.15) is 92.9 Å². The zero-order valence-electron chi connectivity index (χ0n) is 19.5. The number of ether oxygens (including phenoxy) is 4. The Balaban J connectivity index is 2.74. The van der Waals surface area contributed by atoms with E-state index in [0.29, 0.717) is 25.7 Å². The molecule has 0 amide bonds. The summed E-state index contributed by atoms with van der Waals surface area (Å²) in [7, 11) is 0. The van der Waals surface area contributed by atoms with Crippen LogP contribution in [-0.4, -0.2) is 36.4 Å². The molecular formula is C24H38O6. The van der Waals surface area contributed by atoms with E-state index in [0.717, 1.165) is 36.8 Å². The molecule has 6 heteroatoms.